The van der Waals surface area contributed by atoms with Gasteiger partial charge < -0.3 is 10.1 Å². The lowest BCUT2D eigenvalue weighted by molar-refractivity contribution is -0.147. The number of hydrogen-bond acceptors (Lipinski definition) is 5. The van der Waals surface area contributed by atoms with Gasteiger partial charge in [0.05, 0.1) is 11.1 Å². The van der Waals surface area contributed by atoms with E-state index in [9.17, 15) is 22.8 Å². The predicted octanol–water partition coefficient (Wildman–Crippen LogP) is 5.94. The van der Waals surface area contributed by atoms with Crippen LogP contribution in [0.1, 0.15) is 22.2 Å². The summed E-state index contributed by atoms with van der Waals surface area (Å²) in [4.78, 5) is 26.6. The monoisotopic (exact) mass is 451 g/mol. The molecule has 3 rings (SSSR count). The Kier molecular flexibility index (Phi) is 6.73. The van der Waals surface area contributed by atoms with Crippen molar-refractivity contribution in [3.63, 3.8) is 0 Å². The Morgan fingerprint density at radius 1 is 1.07 bits per heavy atom. The van der Waals surface area contributed by atoms with Gasteiger partial charge >= 0.3 is 12.1 Å². The van der Waals surface area contributed by atoms with E-state index < -0.39 is 29.7 Å². The first-order chi connectivity index (χ1) is 14.2. The zero-order chi connectivity index (χ0) is 21.7. The first-order valence-electron chi connectivity index (χ1n) is 8.72. The summed E-state index contributed by atoms with van der Waals surface area (Å²) in [7, 11) is 0. The molecule has 0 saturated carbocycles. The maximum absolute atomic E-state index is 12.8. The number of ether oxygens (including phenoxy) is 1. The van der Waals surface area contributed by atoms with Crippen molar-refractivity contribution in [3.8, 4) is 0 Å². The average molecular weight is 451 g/mol. The topological polar surface area (TPSA) is 55.4 Å². The molecule has 4 nitrogen and oxygen atoms in total. The maximum atomic E-state index is 12.8. The molecule has 3 aromatic rings. The molecule has 0 bridgehead atoms. The number of hydrogen-bond donors (Lipinski definition) is 1. The number of rotatable bonds is 6. The number of alkyl halides is 3. The number of benzene rings is 1. The third kappa shape index (κ3) is 5.58. The van der Waals surface area contributed by atoms with Gasteiger partial charge in [0.1, 0.15) is 0 Å². The molecule has 0 saturated heterocycles. The van der Waals surface area contributed by atoms with Crippen LogP contribution in [0, 0.1) is 0 Å². The molecule has 0 aliphatic carbocycles. The van der Waals surface area contributed by atoms with E-state index in [0.717, 1.165) is 17.0 Å². The van der Waals surface area contributed by atoms with Crippen LogP contribution in [0.3, 0.4) is 0 Å². The molecule has 1 aromatic carbocycles. The van der Waals surface area contributed by atoms with Gasteiger partial charge in [0.15, 0.2) is 6.10 Å². The molecule has 0 spiro atoms. The molecular formula is C21H16F3NO3S2. The van der Waals surface area contributed by atoms with Crippen molar-refractivity contribution in [1.29, 1.82) is 0 Å². The minimum absolute atomic E-state index is 0.0367. The number of esters is 1. The highest BCUT2D eigenvalue weighted by Crippen LogP contribution is 2.31. The first-order valence-corrected chi connectivity index (χ1v) is 10.5. The van der Waals surface area contributed by atoms with Crippen molar-refractivity contribution in [3.05, 3.63) is 74.6 Å². The molecule has 2 aromatic heterocycles. The van der Waals surface area contributed by atoms with Crippen molar-refractivity contribution in [2.75, 3.05) is 5.32 Å². The van der Waals surface area contributed by atoms with E-state index in [0.29, 0.717) is 10.5 Å². The number of anilines is 1. The van der Waals surface area contributed by atoms with Crippen molar-refractivity contribution in [2.45, 2.75) is 19.2 Å². The van der Waals surface area contributed by atoms with Crippen LogP contribution in [0.5, 0.6) is 0 Å². The van der Waals surface area contributed by atoms with E-state index in [4.69, 9.17) is 4.74 Å². The lowest BCUT2D eigenvalue weighted by atomic mass is 10.2. The fraction of sp³-hybridized carbons (Fsp3) is 0.143. The molecule has 0 aliphatic rings. The summed E-state index contributed by atoms with van der Waals surface area (Å²) >= 11 is 2.80. The number of nitrogens with one attached hydrogen (secondary N) is 1. The third-order valence-electron chi connectivity index (χ3n) is 3.95. The van der Waals surface area contributed by atoms with E-state index in [1.165, 1.54) is 41.7 Å². The van der Waals surface area contributed by atoms with Gasteiger partial charge in [0.2, 0.25) is 0 Å². The quantitative estimate of drug-likeness (QED) is 0.373. The van der Waals surface area contributed by atoms with Crippen molar-refractivity contribution in [2.24, 2.45) is 0 Å². The standard InChI is InChI=1S/C21H16F3NO3S2/c1-13(19(26)25-15-6-2-5-14(11-15)21(22,23)24)28-20(27)17(18-8-4-10-30-18)12-16-7-3-9-29-16/h2-13H,1H3,(H,25,26). The minimum Gasteiger partial charge on any atom is -0.449 e. The summed E-state index contributed by atoms with van der Waals surface area (Å²) < 4.78 is 43.8. The molecule has 156 valence electrons. The van der Waals surface area contributed by atoms with Crippen LogP contribution in [0.4, 0.5) is 18.9 Å². The summed E-state index contributed by atoms with van der Waals surface area (Å²) in [5.74, 6) is -1.43. The van der Waals surface area contributed by atoms with E-state index in [1.807, 2.05) is 22.9 Å². The Bertz CT molecular complexity index is 1040. The minimum atomic E-state index is -4.53. The number of halogens is 3. The van der Waals surface area contributed by atoms with E-state index in [-0.39, 0.29) is 5.69 Å². The van der Waals surface area contributed by atoms with Gasteiger partial charge in [0, 0.05) is 15.4 Å². The molecule has 1 N–H and O–H groups in total. The van der Waals surface area contributed by atoms with Gasteiger partial charge in [-0.2, -0.15) is 13.2 Å². The van der Waals surface area contributed by atoms with Gasteiger partial charge in [0.25, 0.3) is 5.91 Å². The number of carbonyl (C=O) groups is 2. The van der Waals surface area contributed by atoms with Crippen molar-refractivity contribution < 1.29 is 27.5 Å². The summed E-state index contributed by atoms with van der Waals surface area (Å²) in [5, 5.41) is 6.03. The van der Waals surface area contributed by atoms with Crippen LogP contribution in [0.15, 0.2) is 59.3 Å². The highest BCUT2D eigenvalue weighted by atomic mass is 32.1. The predicted molar refractivity (Wildman–Crippen MR) is 112 cm³/mol. The average Bonchev–Trinajstić information content (AvgIpc) is 3.39. The fourth-order valence-corrected chi connectivity index (χ4v) is 3.86. The van der Waals surface area contributed by atoms with Crippen LogP contribution in [-0.4, -0.2) is 18.0 Å². The maximum Gasteiger partial charge on any atom is 0.416 e. The molecule has 0 aliphatic heterocycles. The smallest absolute Gasteiger partial charge is 0.416 e. The second-order valence-electron chi connectivity index (χ2n) is 6.17. The lowest BCUT2D eigenvalue weighted by Gasteiger charge is -2.15. The molecule has 0 radical (unpaired) electrons. The van der Waals surface area contributed by atoms with Gasteiger partial charge in [-0.15, -0.1) is 22.7 Å². The molecule has 0 fully saturated rings. The third-order valence-corrected chi connectivity index (χ3v) is 5.67. The Morgan fingerprint density at radius 3 is 2.43 bits per heavy atom. The Balaban J connectivity index is 1.71. The van der Waals surface area contributed by atoms with Crippen LogP contribution in [0.2, 0.25) is 0 Å². The Morgan fingerprint density at radius 2 is 1.80 bits per heavy atom. The van der Waals surface area contributed by atoms with Crippen LogP contribution < -0.4 is 5.32 Å². The molecular weight excluding hydrogens is 435 g/mol. The first kappa shape index (κ1) is 21.8. The normalized spacial score (nSPS) is 13.0. The molecule has 1 amide bonds. The van der Waals surface area contributed by atoms with Crippen molar-refractivity contribution >= 4 is 51.9 Å². The zero-order valence-electron chi connectivity index (χ0n) is 15.6. The molecule has 30 heavy (non-hydrogen) atoms. The second-order valence-corrected chi connectivity index (χ2v) is 8.09. The second kappa shape index (κ2) is 9.27. The summed E-state index contributed by atoms with van der Waals surface area (Å²) in [6.45, 7) is 1.36. The molecule has 1 atom stereocenters. The number of amides is 1. The van der Waals surface area contributed by atoms with Crippen LogP contribution in [-0.2, 0) is 20.5 Å². The Hall–Kier alpha value is -2.91. The highest BCUT2D eigenvalue weighted by molar-refractivity contribution is 7.12. The largest absolute Gasteiger partial charge is 0.449 e. The van der Waals surface area contributed by atoms with E-state index >= 15 is 0 Å². The van der Waals surface area contributed by atoms with Gasteiger partial charge in [-0.1, -0.05) is 18.2 Å². The van der Waals surface area contributed by atoms with Crippen molar-refractivity contribution in [1.82, 2.24) is 0 Å². The fourth-order valence-electron chi connectivity index (χ4n) is 2.47. The summed E-state index contributed by atoms with van der Waals surface area (Å²) in [6.07, 6.45) is -4.06. The Labute approximate surface area is 178 Å². The number of thiophene rings is 2. The highest BCUT2D eigenvalue weighted by Gasteiger charge is 2.30. The van der Waals surface area contributed by atoms with Gasteiger partial charge in [-0.3, -0.25) is 4.79 Å². The van der Waals surface area contributed by atoms with E-state index in [1.54, 1.807) is 18.2 Å². The summed E-state index contributed by atoms with van der Waals surface area (Å²) in [5.41, 5.74) is -0.625. The lowest BCUT2D eigenvalue weighted by Crippen LogP contribution is -2.30. The van der Waals surface area contributed by atoms with Gasteiger partial charge in [-0.05, 0) is 54.1 Å². The van der Waals surface area contributed by atoms with E-state index in [2.05, 4.69) is 5.32 Å². The molecule has 2 heterocycles. The van der Waals surface area contributed by atoms with Crippen LogP contribution >= 0.6 is 22.7 Å². The number of carbonyl (C=O) groups excluding carboxylic acids is 2. The van der Waals surface area contributed by atoms with Gasteiger partial charge in [-0.25, -0.2) is 4.79 Å². The SMILES string of the molecule is CC(OC(=O)C(=Cc1cccs1)c1cccs1)C(=O)Nc1cccc(C(F)(F)F)c1. The molecule has 1 unspecified atom stereocenters. The summed E-state index contributed by atoms with van der Waals surface area (Å²) in [6, 6.07) is 11.5. The molecule has 9 heteroatoms. The zero-order valence-corrected chi connectivity index (χ0v) is 17.2. The van der Waals surface area contributed by atoms with Crippen LogP contribution in [0.25, 0.3) is 11.6 Å².